The maximum absolute atomic E-state index is 10.2. The molecule has 0 heterocycles. The molecule has 7 nitrogen and oxygen atoms in total. The Balaban J connectivity index is 0. The Labute approximate surface area is 127 Å². The second-order valence-corrected chi connectivity index (χ2v) is 3.78. The summed E-state index contributed by atoms with van der Waals surface area (Å²) >= 11 is 0. The van der Waals surface area contributed by atoms with Gasteiger partial charge in [-0.25, -0.2) is 0 Å². The van der Waals surface area contributed by atoms with Crippen molar-refractivity contribution in [1.29, 1.82) is 0 Å². The van der Waals surface area contributed by atoms with E-state index in [1.54, 1.807) is 12.1 Å². The Morgan fingerprint density at radius 3 is 1.85 bits per heavy atom. The molecule has 0 amide bonds. The van der Waals surface area contributed by atoms with E-state index >= 15 is 0 Å². The number of hydrogen-bond donors (Lipinski definition) is 1. The molecule has 3 N–H and O–H groups in total. The van der Waals surface area contributed by atoms with E-state index < -0.39 is 24.0 Å². The van der Waals surface area contributed by atoms with Gasteiger partial charge in [-0.2, -0.15) is 0 Å². The zero-order chi connectivity index (χ0) is 15.0. The molecule has 0 aromatic heterocycles. The predicted molar refractivity (Wildman–Crippen MR) is 63.7 cm³/mol. The Kier molecular flexibility index (Phi) is 10.6. The zero-order valence-electron chi connectivity index (χ0n) is 10.6. The maximum Gasteiger partial charge on any atom is 2.00 e. The van der Waals surface area contributed by atoms with Gasteiger partial charge in [0.25, 0.3) is 0 Å². The number of carbonyl (C=O) groups is 2. The van der Waals surface area contributed by atoms with Gasteiger partial charge in [-0.3, -0.25) is 0 Å². The minimum atomic E-state index is -1.38. The van der Waals surface area contributed by atoms with E-state index in [0.717, 1.165) is 0 Å². The molecule has 0 bridgehead atoms. The van der Waals surface area contributed by atoms with Crippen LogP contribution in [0.5, 0.6) is 5.75 Å². The minimum Gasteiger partial charge on any atom is -0.670 e. The van der Waals surface area contributed by atoms with Gasteiger partial charge in [0.15, 0.2) is 0 Å². The third-order valence-electron chi connectivity index (χ3n) is 2.01. The Morgan fingerprint density at radius 2 is 1.55 bits per heavy atom. The fraction of sp³-hybridized carbons (Fsp3) is 0.333. The average molecular weight is 330 g/mol. The fourth-order valence-corrected chi connectivity index (χ4v) is 0.951. The molecule has 20 heavy (non-hydrogen) atoms. The average Bonchev–Trinajstić information content (AvgIpc) is 2.32. The molecule has 1 rings (SSSR count). The van der Waals surface area contributed by atoms with E-state index in [9.17, 15) is 19.8 Å². The van der Waals surface area contributed by atoms with Crippen LogP contribution in [0.15, 0.2) is 24.3 Å². The zero-order valence-corrected chi connectivity index (χ0v) is 11.5. The van der Waals surface area contributed by atoms with Crippen molar-refractivity contribution in [1.82, 2.24) is 0 Å². The van der Waals surface area contributed by atoms with Crippen LogP contribution in [0, 0.1) is 0 Å². The number of aliphatic carboxylic acids is 2. The van der Waals surface area contributed by atoms with Crippen LogP contribution in [0.1, 0.15) is 12.5 Å². The van der Waals surface area contributed by atoms with E-state index in [0.29, 0.717) is 5.56 Å². The summed E-state index contributed by atoms with van der Waals surface area (Å²) < 4.78 is 0. The SMILES string of the molecule is CC([NH-])C(=O)[O-].[Cu+2].[NH-]C(Cc1ccc(O)cc1)C(=O)[O-]. The molecule has 1 aromatic carbocycles. The standard InChI is InChI=1S/C9H10NO3.C3H6NO2.Cu/c10-8(9(12)13)5-6-1-3-7(11)4-2-6;1-2(4)3(5)6;/h1-4,8,10-11H,5H2,(H,12,13);2,4H,1H3,(H,5,6);/q2*-1;+2/p-2. The predicted octanol–water partition coefficient (Wildman–Crippen LogP) is -0.720. The van der Waals surface area contributed by atoms with Crippen molar-refractivity contribution in [3.63, 3.8) is 0 Å². The van der Waals surface area contributed by atoms with Crippen LogP contribution < -0.4 is 10.2 Å². The summed E-state index contributed by atoms with van der Waals surface area (Å²) in [4.78, 5) is 19.6. The van der Waals surface area contributed by atoms with Crippen molar-refractivity contribution in [2.75, 3.05) is 0 Å². The number of carboxylic acids is 2. The summed E-state index contributed by atoms with van der Waals surface area (Å²) in [6, 6.07) is 3.74. The van der Waals surface area contributed by atoms with E-state index in [2.05, 4.69) is 0 Å². The Hall–Kier alpha value is -1.60. The number of aromatic hydroxyl groups is 1. The summed E-state index contributed by atoms with van der Waals surface area (Å²) in [6.07, 6.45) is 0.0998. The van der Waals surface area contributed by atoms with Gasteiger partial charge in [-0.05, 0) is 24.1 Å². The molecule has 0 saturated heterocycles. The van der Waals surface area contributed by atoms with E-state index in [4.69, 9.17) is 16.6 Å². The summed E-state index contributed by atoms with van der Waals surface area (Å²) in [7, 11) is 0. The van der Waals surface area contributed by atoms with Gasteiger partial charge in [-0.15, -0.1) is 6.04 Å². The molecular weight excluding hydrogens is 316 g/mol. The van der Waals surface area contributed by atoms with Gasteiger partial charge in [0.1, 0.15) is 5.75 Å². The van der Waals surface area contributed by atoms with Crippen molar-refractivity contribution >= 4 is 11.9 Å². The molecule has 0 fully saturated rings. The normalized spacial score (nSPS) is 12.2. The van der Waals surface area contributed by atoms with Gasteiger partial charge in [0.2, 0.25) is 0 Å². The molecule has 0 aliphatic heterocycles. The summed E-state index contributed by atoms with van der Waals surface area (Å²) in [5.41, 5.74) is 14.2. The summed E-state index contributed by atoms with van der Waals surface area (Å²) in [5, 5.41) is 28.5. The number of phenols is 1. The van der Waals surface area contributed by atoms with E-state index in [-0.39, 0.29) is 29.2 Å². The first-order valence-corrected chi connectivity index (χ1v) is 5.36. The quantitative estimate of drug-likeness (QED) is 0.723. The number of phenolic OH excluding ortho intramolecular Hbond substituents is 1. The number of hydrogen-bond acceptors (Lipinski definition) is 5. The fourth-order valence-electron chi connectivity index (χ4n) is 0.951. The molecule has 0 aliphatic carbocycles. The molecule has 0 saturated carbocycles. The Morgan fingerprint density at radius 1 is 1.15 bits per heavy atom. The van der Waals surface area contributed by atoms with Crippen molar-refractivity contribution < 1.29 is 42.0 Å². The minimum absolute atomic E-state index is 0. The van der Waals surface area contributed by atoms with Crippen molar-refractivity contribution in [3.8, 4) is 5.75 Å². The van der Waals surface area contributed by atoms with Gasteiger partial charge in [0.05, 0.1) is 0 Å². The molecule has 0 spiro atoms. The third kappa shape index (κ3) is 9.35. The molecule has 115 valence electrons. The Bertz CT molecular complexity index is 422. The molecule has 8 heteroatoms. The van der Waals surface area contributed by atoms with Gasteiger partial charge in [-0.1, -0.05) is 25.1 Å². The topological polar surface area (TPSA) is 148 Å². The van der Waals surface area contributed by atoms with Crippen molar-refractivity contribution in [3.05, 3.63) is 41.3 Å². The first-order valence-electron chi connectivity index (χ1n) is 5.36. The van der Waals surface area contributed by atoms with Crippen LogP contribution in [-0.4, -0.2) is 29.1 Å². The molecule has 2 unspecified atom stereocenters. The number of carboxylic acid groups (broad SMARTS) is 2. The van der Waals surface area contributed by atoms with E-state index in [1.165, 1.54) is 19.1 Å². The monoisotopic (exact) mass is 329 g/mol. The van der Waals surface area contributed by atoms with Crippen LogP contribution in [0.2, 0.25) is 0 Å². The van der Waals surface area contributed by atoms with Crippen LogP contribution in [-0.2, 0) is 33.1 Å². The van der Waals surface area contributed by atoms with Crippen LogP contribution >= 0.6 is 0 Å². The second-order valence-electron chi connectivity index (χ2n) is 3.78. The van der Waals surface area contributed by atoms with Crippen LogP contribution in [0.3, 0.4) is 0 Å². The molecule has 0 aliphatic rings. The first kappa shape index (κ1) is 20.7. The molecule has 1 aromatic rings. The summed E-state index contributed by atoms with van der Waals surface area (Å²) in [6.45, 7) is 1.25. The van der Waals surface area contributed by atoms with Crippen molar-refractivity contribution in [2.24, 2.45) is 0 Å². The number of nitrogens with one attached hydrogen (secondary N) is 2. The van der Waals surface area contributed by atoms with Crippen LogP contribution in [0.25, 0.3) is 11.5 Å². The second kappa shape index (κ2) is 10.2. The largest absolute Gasteiger partial charge is 2.00 e. The van der Waals surface area contributed by atoms with Crippen LogP contribution in [0.4, 0.5) is 0 Å². The number of rotatable bonds is 4. The van der Waals surface area contributed by atoms with Gasteiger partial charge in [0, 0.05) is 11.9 Å². The molecular formula is C12H14CuN2O5-2. The molecule has 1 radical (unpaired) electrons. The smallest absolute Gasteiger partial charge is 0.670 e. The third-order valence-corrected chi connectivity index (χ3v) is 2.01. The maximum atomic E-state index is 10.2. The molecule has 2 atom stereocenters. The number of carbonyl (C=O) groups excluding carboxylic acids is 2. The van der Waals surface area contributed by atoms with Gasteiger partial charge >= 0.3 is 17.1 Å². The first-order chi connectivity index (χ1) is 8.73. The summed E-state index contributed by atoms with van der Waals surface area (Å²) in [5.74, 6) is -2.58. The van der Waals surface area contributed by atoms with Crippen molar-refractivity contribution in [2.45, 2.75) is 25.4 Å². The van der Waals surface area contributed by atoms with Gasteiger partial charge < -0.3 is 36.4 Å². The van der Waals surface area contributed by atoms with E-state index in [1.807, 2.05) is 0 Å². The number of benzene rings is 1.